The first-order valence-electron chi connectivity index (χ1n) is 11.4. The first-order chi connectivity index (χ1) is 17.4. The van der Waals surface area contributed by atoms with Crippen molar-refractivity contribution >= 4 is 34.4 Å². The molecule has 1 aliphatic carbocycles. The number of nitrogens with one attached hydrogen (secondary N) is 2. The maximum absolute atomic E-state index is 13.7. The van der Waals surface area contributed by atoms with Crippen molar-refractivity contribution in [3.8, 4) is 11.5 Å². The summed E-state index contributed by atoms with van der Waals surface area (Å²) in [6.07, 6.45) is 0.840. The van der Waals surface area contributed by atoms with E-state index in [1.807, 2.05) is 42.5 Å². The number of rotatable bonds is 5. The zero-order chi connectivity index (χ0) is 25.4. The number of nitrogens with zero attached hydrogens (tertiary/aromatic N) is 1. The second-order valence-corrected chi connectivity index (χ2v) is 9.15. The lowest BCUT2D eigenvalue weighted by atomic mass is 9.78. The van der Waals surface area contributed by atoms with E-state index in [2.05, 4.69) is 10.6 Å². The van der Waals surface area contributed by atoms with Crippen LogP contribution in [0.5, 0.6) is 11.5 Å². The van der Waals surface area contributed by atoms with Crippen LogP contribution in [-0.4, -0.2) is 24.9 Å². The number of ether oxygens (including phenoxy) is 2. The van der Waals surface area contributed by atoms with Crippen molar-refractivity contribution in [3.63, 3.8) is 0 Å². The highest BCUT2D eigenvalue weighted by Crippen LogP contribution is 2.46. The molecule has 2 atom stereocenters. The van der Waals surface area contributed by atoms with Crippen LogP contribution < -0.4 is 20.1 Å². The summed E-state index contributed by atoms with van der Waals surface area (Å²) in [6, 6.07) is 17.0. The molecule has 5 rings (SSSR count). The first-order valence-corrected chi connectivity index (χ1v) is 11.8. The molecule has 2 aliphatic rings. The maximum atomic E-state index is 13.7. The van der Waals surface area contributed by atoms with Crippen molar-refractivity contribution in [2.75, 3.05) is 24.9 Å². The molecule has 0 radical (unpaired) electrons. The standard InChI is InChI=1S/C27H24ClN3O5/c1-35-24-10-7-15(13-25(24)36-2)16-11-22-26(23(32)12-16)27(30-21-6-4-3-5-20(21)29-22)18-14-17(31(33)34)8-9-19(18)28/h3-10,13-14,16,27,29-30H,11-12H2,1-2H3/t16-,27+/m1/s1. The topological polar surface area (TPSA) is 103 Å². The van der Waals surface area contributed by atoms with Gasteiger partial charge in [-0.15, -0.1) is 0 Å². The SMILES string of the molecule is COc1ccc([C@H]2CC(=O)C3=C(C2)Nc2ccccc2N[C@H]3c2cc([N+](=O)[O-])ccc2Cl)cc1OC. The minimum absolute atomic E-state index is 0.0589. The summed E-state index contributed by atoms with van der Waals surface area (Å²) in [7, 11) is 3.16. The number of Topliss-reactive ketones (excluding diaryl/α,β-unsaturated/α-hetero) is 1. The number of non-ortho nitro benzene ring substituents is 1. The van der Waals surface area contributed by atoms with E-state index in [9.17, 15) is 14.9 Å². The van der Waals surface area contributed by atoms with E-state index in [0.717, 1.165) is 22.6 Å². The van der Waals surface area contributed by atoms with Gasteiger partial charge in [0, 0.05) is 40.4 Å². The minimum atomic E-state index is -0.651. The fourth-order valence-corrected chi connectivity index (χ4v) is 5.16. The summed E-state index contributed by atoms with van der Waals surface area (Å²) in [5.41, 5.74) is 4.24. The number of nitro groups is 1. The number of benzene rings is 3. The molecule has 3 aromatic carbocycles. The summed E-state index contributed by atoms with van der Waals surface area (Å²) < 4.78 is 10.8. The zero-order valence-electron chi connectivity index (χ0n) is 19.7. The Morgan fingerprint density at radius 3 is 2.44 bits per heavy atom. The van der Waals surface area contributed by atoms with E-state index in [1.54, 1.807) is 14.2 Å². The summed E-state index contributed by atoms with van der Waals surface area (Å²) in [4.78, 5) is 24.8. The second-order valence-electron chi connectivity index (χ2n) is 8.75. The maximum Gasteiger partial charge on any atom is 0.269 e. The van der Waals surface area contributed by atoms with Crippen LogP contribution in [0.25, 0.3) is 0 Å². The number of fused-ring (bicyclic) bond motifs is 1. The smallest absolute Gasteiger partial charge is 0.269 e. The molecular formula is C27H24ClN3O5. The van der Waals surface area contributed by atoms with E-state index in [0.29, 0.717) is 34.1 Å². The quantitative estimate of drug-likeness (QED) is 0.312. The molecule has 2 N–H and O–H groups in total. The van der Waals surface area contributed by atoms with E-state index >= 15 is 0 Å². The van der Waals surface area contributed by atoms with Gasteiger partial charge < -0.3 is 20.1 Å². The molecule has 0 spiro atoms. The van der Waals surface area contributed by atoms with Crippen LogP contribution >= 0.6 is 11.6 Å². The van der Waals surface area contributed by atoms with E-state index in [1.165, 1.54) is 18.2 Å². The van der Waals surface area contributed by atoms with Gasteiger partial charge in [0.15, 0.2) is 17.3 Å². The molecule has 184 valence electrons. The lowest BCUT2D eigenvalue weighted by Crippen LogP contribution is -2.27. The average Bonchev–Trinajstić information content (AvgIpc) is 3.05. The van der Waals surface area contributed by atoms with Crippen LogP contribution in [0.3, 0.4) is 0 Å². The predicted octanol–water partition coefficient (Wildman–Crippen LogP) is 6.24. The average molecular weight is 506 g/mol. The number of anilines is 2. The molecule has 9 heteroatoms. The number of hydrogen-bond donors (Lipinski definition) is 2. The number of carbonyl (C=O) groups is 1. The van der Waals surface area contributed by atoms with Gasteiger partial charge in [0.05, 0.1) is 36.6 Å². The fraction of sp³-hybridized carbons (Fsp3) is 0.222. The Kier molecular flexibility index (Phi) is 6.28. The van der Waals surface area contributed by atoms with Gasteiger partial charge in [0.25, 0.3) is 5.69 Å². The minimum Gasteiger partial charge on any atom is -0.493 e. The Hall–Kier alpha value is -4.04. The molecule has 3 aromatic rings. The van der Waals surface area contributed by atoms with Crippen molar-refractivity contribution in [1.29, 1.82) is 0 Å². The molecule has 0 aromatic heterocycles. The van der Waals surface area contributed by atoms with E-state index in [-0.39, 0.29) is 23.8 Å². The molecule has 0 unspecified atom stereocenters. The number of methoxy groups -OCH3 is 2. The highest BCUT2D eigenvalue weighted by atomic mass is 35.5. The third kappa shape index (κ3) is 4.24. The second kappa shape index (κ2) is 9.54. The number of para-hydroxylation sites is 2. The number of allylic oxidation sites excluding steroid dienone is 1. The van der Waals surface area contributed by atoms with E-state index < -0.39 is 11.0 Å². The normalized spacial score (nSPS) is 18.8. The number of halogens is 1. The van der Waals surface area contributed by atoms with Crippen LogP contribution in [0.4, 0.5) is 17.1 Å². The van der Waals surface area contributed by atoms with Gasteiger partial charge in [-0.2, -0.15) is 0 Å². The Morgan fingerprint density at radius 1 is 0.972 bits per heavy atom. The van der Waals surface area contributed by atoms with E-state index in [4.69, 9.17) is 21.1 Å². The van der Waals surface area contributed by atoms with Gasteiger partial charge in [0.1, 0.15) is 0 Å². The molecule has 36 heavy (non-hydrogen) atoms. The highest BCUT2D eigenvalue weighted by Gasteiger charge is 2.37. The first kappa shape index (κ1) is 23.7. The molecule has 8 nitrogen and oxygen atoms in total. The number of nitro benzene ring substituents is 1. The molecule has 0 bridgehead atoms. The van der Waals surface area contributed by atoms with Gasteiger partial charge >= 0.3 is 0 Å². The molecular weight excluding hydrogens is 482 g/mol. The molecule has 0 amide bonds. The summed E-state index contributed by atoms with van der Waals surface area (Å²) >= 11 is 6.54. The molecule has 0 fully saturated rings. The summed E-state index contributed by atoms with van der Waals surface area (Å²) in [5.74, 6) is 1.07. The third-order valence-corrected chi connectivity index (χ3v) is 7.03. The summed E-state index contributed by atoms with van der Waals surface area (Å²) in [6.45, 7) is 0. The van der Waals surface area contributed by atoms with Crippen LogP contribution in [0.15, 0.2) is 71.9 Å². The third-order valence-electron chi connectivity index (χ3n) is 6.69. The van der Waals surface area contributed by atoms with Crippen molar-refractivity contribution < 1.29 is 19.2 Å². The lowest BCUT2D eigenvalue weighted by Gasteiger charge is -2.30. The molecule has 1 heterocycles. The van der Waals surface area contributed by atoms with Crippen LogP contribution in [0, 0.1) is 10.1 Å². The van der Waals surface area contributed by atoms with Crippen LogP contribution in [-0.2, 0) is 4.79 Å². The monoisotopic (exact) mass is 505 g/mol. The van der Waals surface area contributed by atoms with Crippen molar-refractivity contribution in [1.82, 2.24) is 0 Å². The van der Waals surface area contributed by atoms with Gasteiger partial charge in [0.2, 0.25) is 0 Å². The Labute approximate surface area is 213 Å². The largest absolute Gasteiger partial charge is 0.493 e. The van der Waals surface area contributed by atoms with Crippen molar-refractivity contribution in [2.24, 2.45) is 0 Å². The number of carbonyl (C=O) groups excluding carboxylic acids is 1. The lowest BCUT2D eigenvalue weighted by molar-refractivity contribution is -0.384. The van der Waals surface area contributed by atoms with Gasteiger partial charge in [-0.25, -0.2) is 0 Å². The Bertz CT molecular complexity index is 1400. The van der Waals surface area contributed by atoms with Gasteiger partial charge in [-0.05, 0) is 48.2 Å². The fourth-order valence-electron chi connectivity index (χ4n) is 4.93. The predicted molar refractivity (Wildman–Crippen MR) is 138 cm³/mol. The van der Waals surface area contributed by atoms with Crippen molar-refractivity contribution in [3.05, 3.63) is 98.2 Å². The Morgan fingerprint density at radius 2 is 1.72 bits per heavy atom. The molecule has 0 saturated carbocycles. The van der Waals surface area contributed by atoms with Gasteiger partial charge in [-0.3, -0.25) is 14.9 Å². The van der Waals surface area contributed by atoms with Crippen molar-refractivity contribution in [2.45, 2.75) is 24.8 Å². The summed E-state index contributed by atoms with van der Waals surface area (Å²) in [5, 5.41) is 18.7. The van der Waals surface area contributed by atoms with Crippen LogP contribution in [0.2, 0.25) is 5.02 Å². The van der Waals surface area contributed by atoms with Gasteiger partial charge in [-0.1, -0.05) is 29.8 Å². The molecule has 0 saturated heterocycles. The zero-order valence-corrected chi connectivity index (χ0v) is 20.5. The number of ketones is 1. The van der Waals surface area contributed by atoms with Crippen LogP contribution in [0.1, 0.15) is 35.9 Å². The molecule has 1 aliphatic heterocycles. The number of hydrogen-bond acceptors (Lipinski definition) is 7. The highest BCUT2D eigenvalue weighted by molar-refractivity contribution is 6.31. The Balaban J connectivity index is 1.62.